The highest BCUT2D eigenvalue weighted by Crippen LogP contribution is 2.41. The molecule has 2 heterocycles. The molecule has 2 fully saturated rings. The van der Waals surface area contributed by atoms with E-state index < -0.39 is 0 Å². The summed E-state index contributed by atoms with van der Waals surface area (Å²) in [5.41, 5.74) is 12.0. The van der Waals surface area contributed by atoms with E-state index in [0.29, 0.717) is 18.5 Å². The lowest BCUT2D eigenvalue weighted by Gasteiger charge is -2.42. The molecule has 3 heteroatoms. The summed E-state index contributed by atoms with van der Waals surface area (Å²) in [6, 6.07) is 30.1. The van der Waals surface area contributed by atoms with Gasteiger partial charge in [-0.3, -0.25) is 4.90 Å². The van der Waals surface area contributed by atoms with Crippen LogP contribution in [0.2, 0.25) is 0 Å². The number of nitrogens with zero attached hydrogens (tertiary/aromatic N) is 1. The van der Waals surface area contributed by atoms with Crippen LogP contribution in [0.3, 0.4) is 0 Å². The molecule has 244 valence electrons. The van der Waals surface area contributed by atoms with Gasteiger partial charge < -0.3 is 10.7 Å². The zero-order valence-corrected chi connectivity index (χ0v) is 28.6. The quantitative estimate of drug-likeness (QED) is 0.194. The molecule has 4 aliphatic rings. The molecule has 1 aromatic heterocycles. The summed E-state index contributed by atoms with van der Waals surface area (Å²) in [5.74, 6) is 4.44. The highest BCUT2D eigenvalue weighted by Gasteiger charge is 2.31. The maximum atomic E-state index is 5.88. The third-order valence-electron chi connectivity index (χ3n) is 11.0. The van der Waals surface area contributed by atoms with Crippen molar-refractivity contribution in [3.05, 3.63) is 121 Å². The minimum atomic E-state index is 0.550. The van der Waals surface area contributed by atoms with Crippen molar-refractivity contribution in [2.24, 2.45) is 35.3 Å². The van der Waals surface area contributed by atoms with Crippen molar-refractivity contribution in [1.82, 2.24) is 9.88 Å². The summed E-state index contributed by atoms with van der Waals surface area (Å²) >= 11 is 0. The van der Waals surface area contributed by atoms with Gasteiger partial charge in [0.25, 0.3) is 0 Å². The Morgan fingerprint density at radius 1 is 0.848 bits per heavy atom. The number of H-pyrrole nitrogens is 1. The zero-order valence-electron chi connectivity index (χ0n) is 28.6. The zero-order chi connectivity index (χ0) is 32.3. The molecule has 4 aromatic rings. The summed E-state index contributed by atoms with van der Waals surface area (Å²) in [4.78, 5) is 6.12. The molecule has 0 spiro atoms. The molecule has 1 saturated carbocycles. The van der Waals surface area contributed by atoms with Crippen LogP contribution < -0.4 is 5.73 Å². The molecule has 3 aliphatic carbocycles. The number of aromatic nitrogens is 1. The van der Waals surface area contributed by atoms with Gasteiger partial charge in [-0.25, -0.2) is 0 Å². The first-order valence-corrected chi connectivity index (χ1v) is 18.0. The number of piperidine rings is 1. The van der Waals surface area contributed by atoms with E-state index in [1.54, 1.807) is 0 Å². The van der Waals surface area contributed by atoms with Gasteiger partial charge >= 0.3 is 0 Å². The standard InChI is InChI=1S/C18H27N.C15H14N2.C10H16/c1-4-16-13-18(5-2)15(3)19(14-16)12-11-17-9-7-6-8-10-17;16-10-13-12-8-4-5-9-14(12)17-15(13)11-6-2-1-3-7-11;1-2-9-7-8-3-5-10(9)6-4-8/h4,6-10,15-16,18H,1,5,11-14H2,2-3H3;1-9,17H,10,16H2;3,5,8-10H,2,4,6-7H2,1H3. The predicted octanol–water partition coefficient (Wildman–Crippen LogP) is 10.4. The van der Waals surface area contributed by atoms with Crippen molar-refractivity contribution in [3.8, 4) is 11.3 Å². The van der Waals surface area contributed by atoms with Crippen molar-refractivity contribution >= 4 is 10.9 Å². The fourth-order valence-corrected chi connectivity index (χ4v) is 8.10. The van der Waals surface area contributed by atoms with Crippen LogP contribution in [0.15, 0.2) is 110 Å². The smallest absolute Gasteiger partial charge is 0.0510 e. The monoisotopic (exact) mass is 615 g/mol. The number of aromatic amines is 1. The first-order chi connectivity index (χ1) is 22.5. The van der Waals surface area contributed by atoms with Gasteiger partial charge in [0.2, 0.25) is 0 Å². The first-order valence-electron chi connectivity index (χ1n) is 18.0. The molecule has 3 nitrogen and oxygen atoms in total. The Labute approximate surface area is 279 Å². The molecule has 2 bridgehead atoms. The van der Waals surface area contributed by atoms with E-state index >= 15 is 0 Å². The molecular weight excluding hydrogens is 558 g/mol. The molecular formula is C43H57N3. The van der Waals surface area contributed by atoms with Gasteiger partial charge in [0.15, 0.2) is 0 Å². The lowest BCUT2D eigenvalue weighted by molar-refractivity contribution is 0.0797. The Morgan fingerprint density at radius 3 is 2.13 bits per heavy atom. The van der Waals surface area contributed by atoms with Crippen LogP contribution in [-0.2, 0) is 13.0 Å². The highest BCUT2D eigenvalue weighted by molar-refractivity contribution is 5.90. The molecule has 6 unspecified atom stereocenters. The maximum absolute atomic E-state index is 5.88. The van der Waals surface area contributed by atoms with Crippen LogP contribution in [0, 0.1) is 29.6 Å². The summed E-state index contributed by atoms with van der Waals surface area (Å²) in [6.45, 7) is 14.0. The normalized spacial score (nSPS) is 25.3. The Morgan fingerprint density at radius 2 is 1.54 bits per heavy atom. The third kappa shape index (κ3) is 8.49. The van der Waals surface area contributed by atoms with E-state index in [1.807, 2.05) is 30.3 Å². The number of nitrogens with two attached hydrogens (primary N) is 1. The third-order valence-corrected chi connectivity index (χ3v) is 11.0. The van der Waals surface area contributed by atoms with Gasteiger partial charge in [0.1, 0.15) is 0 Å². The van der Waals surface area contributed by atoms with E-state index in [9.17, 15) is 0 Å². The van der Waals surface area contributed by atoms with Gasteiger partial charge in [-0.2, -0.15) is 0 Å². The second kappa shape index (κ2) is 17.0. The van der Waals surface area contributed by atoms with Gasteiger partial charge in [0.05, 0.1) is 5.69 Å². The number of rotatable bonds is 8. The fraction of sp³-hybridized carbons (Fsp3) is 0.442. The van der Waals surface area contributed by atoms with E-state index in [0.717, 1.165) is 41.3 Å². The fourth-order valence-electron chi connectivity index (χ4n) is 8.10. The molecule has 8 rings (SSSR count). The second-order valence-electron chi connectivity index (χ2n) is 13.8. The second-order valence-corrected chi connectivity index (χ2v) is 13.8. The first kappa shape index (κ1) is 33.9. The minimum absolute atomic E-state index is 0.550. The average Bonchev–Trinajstić information content (AvgIpc) is 3.52. The minimum Gasteiger partial charge on any atom is -0.354 e. The average molecular weight is 616 g/mol. The Kier molecular flexibility index (Phi) is 12.5. The highest BCUT2D eigenvalue weighted by atomic mass is 15.2. The molecule has 1 saturated heterocycles. The molecule has 3 aromatic carbocycles. The molecule has 0 amide bonds. The molecule has 46 heavy (non-hydrogen) atoms. The number of para-hydroxylation sites is 1. The molecule has 3 N–H and O–H groups in total. The summed E-state index contributed by atoms with van der Waals surface area (Å²) in [6.07, 6.45) is 16.7. The Balaban J connectivity index is 0.000000142. The van der Waals surface area contributed by atoms with E-state index in [-0.39, 0.29) is 0 Å². The molecule has 1 aliphatic heterocycles. The molecule has 0 radical (unpaired) electrons. The van der Waals surface area contributed by atoms with Crippen molar-refractivity contribution in [1.29, 1.82) is 0 Å². The van der Waals surface area contributed by atoms with E-state index in [1.165, 1.54) is 73.7 Å². The van der Waals surface area contributed by atoms with Crippen molar-refractivity contribution in [2.75, 3.05) is 13.1 Å². The maximum Gasteiger partial charge on any atom is 0.0510 e. The van der Waals surface area contributed by atoms with Crippen LogP contribution in [0.25, 0.3) is 22.2 Å². The number of allylic oxidation sites excluding steroid dienone is 2. The number of nitrogens with one attached hydrogen (secondary N) is 1. The van der Waals surface area contributed by atoms with E-state index in [4.69, 9.17) is 5.73 Å². The van der Waals surface area contributed by atoms with Crippen molar-refractivity contribution in [2.45, 2.75) is 78.3 Å². The number of hydrogen-bond donors (Lipinski definition) is 2. The van der Waals surface area contributed by atoms with Gasteiger partial charge in [-0.15, -0.1) is 6.58 Å². The molecule has 6 atom stereocenters. The van der Waals surface area contributed by atoms with Gasteiger partial charge in [0, 0.05) is 36.6 Å². The SMILES string of the molecule is C=CC1CC(CC)C(C)N(CCc2ccccc2)C1.CCC1CC2C=CC1CC2.NCc1c(-c2ccccc2)[nH]c2ccccc12. The van der Waals surface area contributed by atoms with Crippen LogP contribution in [0.5, 0.6) is 0 Å². The topological polar surface area (TPSA) is 45.0 Å². The number of fused-ring (bicyclic) bond motifs is 3. The van der Waals surface area contributed by atoms with Crippen LogP contribution >= 0.6 is 0 Å². The van der Waals surface area contributed by atoms with Crippen molar-refractivity contribution < 1.29 is 0 Å². The van der Waals surface area contributed by atoms with Crippen LogP contribution in [0.4, 0.5) is 0 Å². The van der Waals surface area contributed by atoms with Gasteiger partial charge in [-0.1, -0.05) is 124 Å². The van der Waals surface area contributed by atoms with Crippen LogP contribution in [-0.4, -0.2) is 29.0 Å². The Bertz CT molecular complexity index is 1500. The van der Waals surface area contributed by atoms with Crippen molar-refractivity contribution in [3.63, 3.8) is 0 Å². The predicted molar refractivity (Wildman–Crippen MR) is 199 cm³/mol. The largest absolute Gasteiger partial charge is 0.354 e. The van der Waals surface area contributed by atoms with Crippen LogP contribution in [0.1, 0.15) is 70.4 Å². The van der Waals surface area contributed by atoms with Gasteiger partial charge in [-0.05, 0) is 91.4 Å². The van der Waals surface area contributed by atoms with E-state index in [2.05, 4.69) is 110 Å². The number of likely N-dealkylation sites (tertiary alicyclic amines) is 1. The number of benzene rings is 3. The summed E-state index contributed by atoms with van der Waals surface area (Å²) in [5, 5.41) is 1.22. The lowest BCUT2D eigenvalue weighted by Crippen LogP contribution is -2.47. The summed E-state index contributed by atoms with van der Waals surface area (Å²) < 4.78 is 0. The lowest BCUT2D eigenvalue weighted by atomic mass is 9.68. The number of hydrogen-bond acceptors (Lipinski definition) is 2. The Hall–Kier alpha value is -3.40. The summed E-state index contributed by atoms with van der Waals surface area (Å²) in [7, 11) is 0.